The molecule has 0 amide bonds. The van der Waals surface area contributed by atoms with E-state index in [0.717, 1.165) is 53.9 Å². The predicted octanol–water partition coefficient (Wildman–Crippen LogP) is 3.92. The predicted molar refractivity (Wildman–Crippen MR) is 131 cm³/mol. The molecule has 0 radical (unpaired) electrons. The fourth-order valence-corrected chi connectivity index (χ4v) is 2.97. The maximum atomic E-state index is 6.14. The summed E-state index contributed by atoms with van der Waals surface area (Å²) >= 11 is 0. The van der Waals surface area contributed by atoms with Crippen LogP contribution in [0.5, 0.6) is 11.5 Å². The van der Waals surface area contributed by atoms with Crippen molar-refractivity contribution < 1.29 is 4.74 Å². The van der Waals surface area contributed by atoms with Crippen molar-refractivity contribution in [3.8, 4) is 11.5 Å². The lowest BCUT2D eigenvalue weighted by atomic mass is 10.2. The molecule has 160 valence electrons. The molecular weight excluding hydrogens is 491 g/mol. The summed E-state index contributed by atoms with van der Waals surface area (Å²) in [6.45, 7) is 6.23. The van der Waals surface area contributed by atoms with Crippen molar-refractivity contribution in [1.82, 2.24) is 25.4 Å². The minimum atomic E-state index is 0. The smallest absolute Gasteiger partial charge is 0.191 e. The maximum Gasteiger partial charge on any atom is 0.191 e. The number of aromatic nitrogens is 3. The fraction of sp³-hybridized carbons (Fsp3) is 0.318. The Kier molecular flexibility index (Phi) is 9.59. The summed E-state index contributed by atoms with van der Waals surface area (Å²) in [5, 5.41) is 14.7. The lowest BCUT2D eigenvalue weighted by Crippen LogP contribution is -2.38. The number of benzene rings is 2. The molecule has 3 rings (SSSR count). The van der Waals surface area contributed by atoms with Gasteiger partial charge in [-0.05, 0) is 24.6 Å². The van der Waals surface area contributed by atoms with Gasteiger partial charge in [-0.3, -0.25) is 4.99 Å². The molecular formula is C22H29IN6O. The quantitative estimate of drug-likeness (QED) is 0.268. The second-order valence-corrected chi connectivity index (χ2v) is 6.62. The van der Waals surface area contributed by atoms with Gasteiger partial charge in [-0.15, -0.1) is 34.2 Å². The van der Waals surface area contributed by atoms with E-state index in [1.165, 1.54) is 0 Å². The number of ether oxygens (including phenoxy) is 1. The third kappa shape index (κ3) is 6.45. The number of rotatable bonds is 8. The van der Waals surface area contributed by atoms with Crippen molar-refractivity contribution in [2.45, 2.75) is 33.4 Å². The number of hydrogen-bond acceptors (Lipinski definition) is 4. The molecule has 2 N–H and O–H groups in total. The third-order valence-electron chi connectivity index (χ3n) is 4.61. The number of nitrogens with one attached hydrogen (secondary N) is 2. The van der Waals surface area contributed by atoms with Crippen LogP contribution in [-0.2, 0) is 19.5 Å². The normalized spacial score (nSPS) is 11.0. The summed E-state index contributed by atoms with van der Waals surface area (Å²) in [6, 6.07) is 16.0. The van der Waals surface area contributed by atoms with Crippen LogP contribution in [-0.4, -0.2) is 34.3 Å². The van der Waals surface area contributed by atoms with Gasteiger partial charge in [-0.2, -0.15) is 0 Å². The molecule has 7 nitrogen and oxygen atoms in total. The van der Waals surface area contributed by atoms with Crippen molar-refractivity contribution in [1.29, 1.82) is 0 Å². The van der Waals surface area contributed by atoms with Crippen LogP contribution in [0, 0.1) is 6.92 Å². The second kappa shape index (κ2) is 12.2. The van der Waals surface area contributed by atoms with E-state index in [1.54, 1.807) is 13.4 Å². The van der Waals surface area contributed by atoms with Crippen LogP contribution >= 0.6 is 24.0 Å². The summed E-state index contributed by atoms with van der Waals surface area (Å²) in [5.41, 5.74) is 2.17. The molecule has 8 heteroatoms. The molecule has 0 fully saturated rings. The molecule has 0 spiro atoms. The molecule has 0 aliphatic carbocycles. The van der Waals surface area contributed by atoms with Crippen LogP contribution in [0.2, 0.25) is 0 Å². The molecule has 3 aromatic rings. The van der Waals surface area contributed by atoms with E-state index in [9.17, 15) is 0 Å². The minimum absolute atomic E-state index is 0. The molecule has 0 atom stereocenters. The molecule has 1 aromatic heterocycles. The van der Waals surface area contributed by atoms with Gasteiger partial charge in [-0.1, -0.05) is 43.3 Å². The Balaban J connectivity index is 0.00000320. The van der Waals surface area contributed by atoms with Crippen molar-refractivity contribution in [3.05, 3.63) is 71.8 Å². The average molecular weight is 520 g/mol. The number of guanidine groups is 1. The highest BCUT2D eigenvalue weighted by atomic mass is 127. The first-order valence-electron chi connectivity index (χ1n) is 9.83. The lowest BCUT2D eigenvalue weighted by Gasteiger charge is -2.15. The van der Waals surface area contributed by atoms with E-state index in [4.69, 9.17) is 4.74 Å². The van der Waals surface area contributed by atoms with E-state index in [-0.39, 0.29) is 24.0 Å². The van der Waals surface area contributed by atoms with Crippen LogP contribution in [0.15, 0.2) is 59.9 Å². The van der Waals surface area contributed by atoms with Crippen molar-refractivity contribution >= 4 is 29.9 Å². The van der Waals surface area contributed by atoms with Crippen molar-refractivity contribution in [2.75, 3.05) is 13.6 Å². The van der Waals surface area contributed by atoms with Crippen LogP contribution in [0.1, 0.15) is 23.9 Å². The Morgan fingerprint density at radius 2 is 1.80 bits per heavy atom. The molecule has 1 heterocycles. The number of para-hydroxylation sites is 2. The molecule has 0 saturated heterocycles. The Morgan fingerprint density at radius 3 is 2.53 bits per heavy atom. The zero-order valence-corrected chi connectivity index (χ0v) is 20.0. The Morgan fingerprint density at radius 1 is 1.07 bits per heavy atom. The minimum Gasteiger partial charge on any atom is -0.457 e. The summed E-state index contributed by atoms with van der Waals surface area (Å²) < 4.78 is 8.19. The van der Waals surface area contributed by atoms with Gasteiger partial charge >= 0.3 is 0 Å². The fourth-order valence-electron chi connectivity index (χ4n) is 2.97. The molecule has 30 heavy (non-hydrogen) atoms. The van der Waals surface area contributed by atoms with E-state index in [0.29, 0.717) is 6.54 Å². The second-order valence-electron chi connectivity index (χ2n) is 6.62. The van der Waals surface area contributed by atoms with Crippen molar-refractivity contribution in [3.63, 3.8) is 0 Å². The van der Waals surface area contributed by atoms with E-state index >= 15 is 0 Å². The molecule has 0 saturated carbocycles. The van der Waals surface area contributed by atoms with Crippen molar-refractivity contribution in [2.24, 2.45) is 4.99 Å². The van der Waals surface area contributed by atoms with Crippen LogP contribution in [0.3, 0.4) is 0 Å². The number of nitrogens with zero attached hydrogens (tertiary/aromatic N) is 4. The maximum absolute atomic E-state index is 6.14. The summed E-state index contributed by atoms with van der Waals surface area (Å²) in [4.78, 5) is 4.31. The average Bonchev–Trinajstić information content (AvgIpc) is 3.20. The van der Waals surface area contributed by atoms with Crippen LogP contribution in [0.25, 0.3) is 0 Å². The van der Waals surface area contributed by atoms with Crippen LogP contribution in [0.4, 0.5) is 0 Å². The largest absolute Gasteiger partial charge is 0.457 e. The number of halogens is 1. The number of aryl methyl sites for hydroxylation is 2. The van der Waals surface area contributed by atoms with E-state index < -0.39 is 0 Å². The van der Waals surface area contributed by atoms with Gasteiger partial charge in [0.1, 0.15) is 23.7 Å². The lowest BCUT2D eigenvalue weighted by molar-refractivity contribution is 0.471. The Labute approximate surface area is 195 Å². The van der Waals surface area contributed by atoms with Gasteiger partial charge < -0.3 is 19.9 Å². The topological polar surface area (TPSA) is 76.4 Å². The molecule has 2 aromatic carbocycles. The molecule has 0 bridgehead atoms. The number of aliphatic imine (C=N–C) groups is 1. The Bertz CT molecular complexity index is 956. The highest BCUT2D eigenvalue weighted by Crippen LogP contribution is 2.27. The third-order valence-corrected chi connectivity index (χ3v) is 4.61. The number of hydrogen-bond donors (Lipinski definition) is 2. The summed E-state index contributed by atoms with van der Waals surface area (Å²) in [6.07, 6.45) is 2.63. The first-order chi connectivity index (χ1) is 14.2. The summed E-state index contributed by atoms with van der Waals surface area (Å²) in [5.74, 6) is 3.42. The molecule has 0 unspecified atom stereocenters. The zero-order chi connectivity index (χ0) is 20.5. The standard InChI is InChI=1S/C22H28N6O.HI/c1-4-21-27-26-16-28(21)14-13-24-22(23-3)25-15-18-10-6-8-12-20(18)29-19-11-7-5-9-17(19)2;/h5-12,16H,4,13-15H2,1-3H3,(H2,23,24,25);1H. The zero-order valence-electron chi connectivity index (χ0n) is 17.6. The molecule has 0 aliphatic rings. The van der Waals surface area contributed by atoms with Gasteiger partial charge in [0.25, 0.3) is 0 Å². The SMILES string of the molecule is CCc1nncn1CCNC(=NC)NCc1ccccc1Oc1ccccc1C.I. The Hall–Kier alpha value is -2.62. The first kappa shape index (κ1) is 23.7. The highest BCUT2D eigenvalue weighted by Gasteiger charge is 2.07. The summed E-state index contributed by atoms with van der Waals surface area (Å²) in [7, 11) is 1.77. The van der Waals surface area contributed by atoms with Gasteiger partial charge in [0.05, 0.1) is 0 Å². The van der Waals surface area contributed by atoms with E-state index in [2.05, 4.69) is 38.8 Å². The van der Waals surface area contributed by atoms with E-state index in [1.807, 2.05) is 54.0 Å². The molecule has 0 aliphatic heterocycles. The highest BCUT2D eigenvalue weighted by molar-refractivity contribution is 14.0. The van der Waals surface area contributed by atoms with Gasteiger partial charge in [0, 0.05) is 38.7 Å². The monoisotopic (exact) mass is 520 g/mol. The first-order valence-corrected chi connectivity index (χ1v) is 9.83. The van der Waals surface area contributed by atoms with Gasteiger partial charge in [-0.25, -0.2) is 0 Å². The van der Waals surface area contributed by atoms with Gasteiger partial charge in [0.15, 0.2) is 5.96 Å². The van der Waals surface area contributed by atoms with Gasteiger partial charge in [0.2, 0.25) is 0 Å². The van der Waals surface area contributed by atoms with Crippen LogP contribution < -0.4 is 15.4 Å².